The molecule has 0 aliphatic carbocycles. The topological polar surface area (TPSA) is 72.7 Å². The summed E-state index contributed by atoms with van der Waals surface area (Å²) in [6, 6.07) is 0. The summed E-state index contributed by atoms with van der Waals surface area (Å²) in [6.45, 7) is 4.89. The largest absolute Gasteiger partial charge is 0.329 e. The predicted octanol–water partition coefficient (Wildman–Crippen LogP) is 3.29. The van der Waals surface area contributed by atoms with Crippen LogP contribution < -0.4 is 11.2 Å². The minimum Gasteiger partial charge on any atom is -0.313 e. The second-order valence-electron chi connectivity index (χ2n) is 6.10. The summed E-state index contributed by atoms with van der Waals surface area (Å²) >= 11 is 1.67. The van der Waals surface area contributed by atoms with Gasteiger partial charge in [0.15, 0.2) is 16.3 Å². The number of aromatic nitrogens is 4. The Morgan fingerprint density at radius 3 is 2.38 bits per heavy atom. The fourth-order valence-corrected chi connectivity index (χ4v) is 3.90. The number of fused-ring (bicyclic) bond motifs is 1. The third-order valence-corrected chi connectivity index (χ3v) is 5.33. The molecule has 0 bridgehead atoms. The first-order chi connectivity index (χ1) is 11.6. The zero-order valence-corrected chi connectivity index (χ0v) is 15.7. The van der Waals surface area contributed by atoms with E-state index in [2.05, 4.69) is 16.9 Å². The number of nitrogens with zero attached hydrogens (tertiary/aromatic N) is 3. The number of imidazole rings is 1. The molecule has 0 saturated carbocycles. The Balaban J connectivity index is 2.00. The summed E-state index contributed by atoms with van der Waals surface area (Å²) in [5.41, 5.74) is 0.177. The SMILES string of the molecule is CCCCCCCCCSc1nc2c(c(=O)[nH]c(=O)n2C)n1CC. The Hall–Kier alpha value is -1.50. The van der Waals surface area contributed by atoms with Crippen molar-refractivity contribution in [1.82, 2.24) is 19.1 Å². The van der Waals surface area contributed by atoms with E-state index in [0.29, 0.717) is 17.7 Å². The van der Waals surface area contributed by atoms with Crippen LogP contribution in [0.25, 0.3) is 11.2 Å². The van der Waals surface area contributed by atoms with Gasteiger partial charge in [-0.2, -0.15) is 0 Å². The maximum atomic E-state index is 12.1. The molecule has 0 unspecified atom stereocenters. The first kappa shape index (κ1) is 18.8. The highest BCUT2D eigenvalue weighted by Gasteiger charge is 2.16. The number of aryl methyl sites for hydroxylation is 2. The summed E-state index contributed by atoms with van der Waals surface area (Å²) in [4.78, 5) is 30.7. The summed E-state index contributed by atoms with van der Waals surface area (Å²) in [7, 11) is 1.64. The third kappa shape index (κ3) is 4.32. The van der Waals surface area contributed by atoms with E-state index < -0.39 is 5.69 Å². The summed E-state index contributed by atoms with van der Waals surface area (Å²) in [6.07, 6.45) is 8.96. The van der Waals surface area contributed by atoms with Crippen molar-refractivity contribution < 1.29 is 0 Å². The number of nitrogens with one attached hydrogen (secondary N) is 1. The van der Waals surface area contributed by atoms with Gasteiger partial charge in [0.05, 0.1) is 0 Å². The van der Waals surface area contributed by atoms with E-state index in [1.807, 2.05) is 11.5 Å². The Bertz CT molecular complexity index is 775. The minimum atomic E-state index is -0.420. The molecule has 0 aromatic carbocycles. The van der Waals surface area contributed by atoms with E-state index in [9.17, 15) is 9.59 Å². The van der Waals surface area contributed by atoms with Gasteiger partial charge in [-0.3, -0.25) is 14.3 Å². The standard InChI is InChI=1S/C17H28N4O2S/c1-4-6-7-8-9-10-11-12-24-17-18-14-13(21(17)5-2)15(22)19-16(23)20(14)3/h4-12H2,1-3H3,(H,19,22,23). The predicted molar refractivity (Wildman–Crippen MR) is 100.0 cm³/mol. The van der Waals surface area contributed by atoms with Crippen LogP contribution in [0, 0.1) is 0 Å². The van der Waals surface area contributed by atoms with Crippen LogP contribution in [0.1, 0.15) is 58.8 Å². The molecule has 2 heterocycles. The molecule has 2 rings (SSSR count). The third-order valence-electron chi connectivity index (χ3n) is 4.27. The van der Waals surface area contributed by atoms with Crippen molar-refractivity contribution in [3.8, 4) is 0 Å². The van der Waals surface area contributed by atoms with Crippen molar-refractivity contribution in [1.29, 1.82) is 0 Å². The maximum absolute atomic E-state index is 12.1. The number of hydrogen-bond donors (Lipinski definition) is 1. The zero-order chi connectivity index (χ0) is 17.5. The minimum absolute atomic E-state index is 0.356. The van der Waals surface area contributed by atoms with E-state index in [1.165, 1.54) is 43.1 Å². The summed E-state index contributed by atoms with van der Waals surface area (Å²) in [5.74, 6) is 0.989. The van der Waals surface area contributed by atoms with Crippen molar-refractivity contribution in [2.24, 2.45) is 7.05 Å². The number of H-pyrrole nitrogens is 1. The molecule has 7 heteroatoms. The Kier molecular flexibility index (Phi) is 7.15. The van der Waals surface area contributed by atoms with Crippen LogP contribution in [0.5, 0.6) is 0 Å². The van der Waals surface area contributed by atoms with Gasteiger partial charge >= 0.3 is 5.69 Å². The summed E-state index contributed by atoms with van der Waals surface area (Å²) in [5, 5.41) is 0.824. The lowest BCUT2D eigenvalue weighted by Gasteiger charge is -2.05. The maximum Gasteiger partial charge on any atom is 0.329 e. The highest BCUT2D eigenvalue weighted by Crippen LogP contribution is 2.22. The second kappa shape index (κ2) is 9.11. The molecule has 0 radical (unpaired) electrons. The van der Waals surface area contributed by atoms with Crippen LogP contribution in [0.2, 0.25) is 0 Å². The molecule has 2 aromatic rings. The van der Waals surface area contributed by atoms with Gasteiger partial charge in [-0.05, 0) is 13.3 Å². The van der Waals surface area contributed by atoms with Crippen LogP contribution in [0.4, 0.5) is 0 Å². The number of unbranched alkanes of at least 4 members (excludes halogenated alkanes) is 6. The molecule has 0 fully saturated rings. The average molecular weight is 353 g/mol. The van der Waals surface area contributed by atoms with Gasteiger partial charge in [0.1, 0.15) is 0 Å². The van der Waals surface area contributed by atoms with Gasteiger partial charge in [0.25, 0.3) is 5.56 Å². The van der Waals surface area contributed by atoms with E-state index in [0.717, 1.165) is 17.3 Å². The molecular weight excluding hydrogens is 324 g/mol. The molecule has 0 saturated heterocycles. The molecule has 0 spiro atoms. The van der Waals surface area contributed by atoms with Gasteiger partial charge in [-0.15, -0.1) is 0 Å². The summed E-state index contributed by atoms with van der Waals surface area (Å²) < 4.78 is 3.31. The first-order valence-corrected chi connectivity index (χ1v) is 9.91. The Labute approximate surface area is 146 Å². The fourth-order valence-electron chi connectivity index (χ4n) is 2.84. The average Bonchev–Trinajstić information content (AvgIpc) is 2.94. The van der Waals surface area contributed by atoms with Gasteiger partial charge in [-0.25, -0.2) is 9.78 Å². The van der Waals surface area contributed by atoms with E-state index in [1.54, 1.807) is 18.8 Å². The lowest BCUT2D eigenvalue weighted by atomic mass is 10.1. The van der Waals surface area contributed by atoms with Crippen LogP contribution >= 0.6 is 11.8 Å². The van der Waals surface area contributed by atoms with Crippen LogP contribution in [0.15, 0.2) is 14.7 Å². The van der Waals surface area contributed by atoms with Gasteiger partial charge in [0.2, 0.25) is 0 Å². The molecule has 0 aliphatic heterocycles. The Morgan fingerprint density at radius 2 is 1.71 bits per heavy atom. The van der Waals surface area contributed by atoms with E-state index >= 15 is 0 Å². The highest BCUT2D eigenvalue weighted by atomic mass is 32.2. The van der Waals surface area contributed by atoms with Crippen LogP contribution in [-0.2, 0) is 13.6 Å². The normalized spacial score (nSPS) is 11.5. The molecule has 134 valence electrons. The number of hydrogen-bond acceptors (Lipinski definition) is 4. The molecule has 0 atom stereocenters. The number of aromatic amines is 1. The van der Waals surface area contributed by atoms with Gasteiger partial charge in [0, 0.05) is 19.3 Å². The van der Waals surface area contributed by atoms with Crippen molar-refractivity contribution in [2.75, 3.05) is 5.75 Å². The number of thioether (sulfide) groups is 1. The van der Waals surface area contributed by atoms with Crippen molar-refractivity contribution >= 4 is 22.9 Å². The van der Waals surface area contributed by atoms with E-state index in [-0.39, 0.29) is 5.56 Å². The smallest absolute Gasteiger partial charge is 0.313 e. The highest BCUT2D eigenvalue weighted by molar-refractivity contribution is 7.99. The molecule has 2 aromatic heterocycles. The lowest BCUT2D eigenvalue weighted by molar-refractivity contribution is 0.603. The molecular formula is C17H28N4O2S. The molecule has 24 heavy (non-hydrogen) atoms. The molecule has 1 N–H and O–H groups in total. The Morgan fingerprint density at radius 1 is 1.04 bits per heavy atom. The zero-order valence-electron chi connectivity index (χ0n) is 14.9. The van der Waals surface area contributed by atoms with Crippen molar-refractivity contribution in [2.45, 2.75) is 70.5 Å². The van der Waals surface area contributed by atoms with Gasteiger partial charge < -0.3 is 4.57 Å². The second-order valence-corrected chi connectivity index (χ2v) is 7.16. The van der Waals surface area contributed by atoms with Crippen LogP contribution in [0.3, 0.4) is 0 Å². The van der Waals surface area contributed by atoms with Crippen molar-refractivity contribution in [3.63, 3.8) is 0 Å². The molecule has 0 aliphatic rings. The quantitative estimate of drug-likeness (QED) is 0.526. The van der Waals surface area contributed by atoms with Crippen molar-refractivity contribution in [3.05, 3.63) is 20.8 Å². The van der Waals surface area contributed by atoms with Gasteiger partial charge in [-0.1, -0.05) is 57.2 Å². The lowest BCUT2D eigenvalue weighted by Crippen LogP contribution is -2.29. The molecule has 0 amide bonds. The van der Waals surface area contributed by atoms with E-state index in [4.69, 9.17) is 0 Å². The first-order valence-electron chi connectivity index (χ1n) is 8.92. The monoisotopic (exact) mass is 352 g/mol. The fraction of sp³-hybridized carbons (Fsp3) is 0.706. The van der Waals surface area contributed by atoms with Crippen LogP contribution in [-0.4, -0.2) is 24.9 Å². The number of rotatable bonds is 10. The molecule has 6 nitrogen and oxygen atoms in total.